The zero-order valence-electron chi connectivity index (χ0n) is 11.2. The number of aromatic amines is 1. The molecule has 2 aromatic heterocycles. The van der Waals surface area contributed by atoms with Gasteiger partial charge in [-0.15, -0.1) is 0 Å². The third-order valence-electron chi connectivity index (χ3n) is 4.44. The Morgan fingerprint density at radius 2 is 1.90 bits per heavy atom. The Hall–Kier alpha value is -2.16. The highest BCUT2D eigenvalue weighted by Crippen LogP contribution is 2.34. The average Bonchev–Trinajstić information content (AvgIpc) is 2.85. The van der Waals surface area contributed by atoms with Crippen molar-refractivity contribution >= 4 is 27.6 Å². The number of carbonyl (C=O) groups excluding carboxylic acids is 1. The molecular weight excluding hydrogens is 248 g/mol. The summed E-state index contributed by atoms with van der Waals surface area (Å²) in [5.74, 6) is 0.945. The lowest BCUT2D eigenvalue weighted by molar-refractivity contribution is -0.120. The molecule has 0 radical (unpaired) electrons. The van der Waals surface area contributed by atoms with Crippen LogP contribution in [0.5, 0.6) is 0 Å². The van der Waals surface area contributed by atoms with Gasteiger partial charge >= 0.3 is 0 Å². The Balaban J connectivity index is 1.78. The molecule has 0 spiro atoms. The van der Waals surface area contributed by atoms with Crippen LogP contribution in [0, 0.1) is 0 Å². The number of benzene rings is 1. The van der Waals surface area contributed by atoms with Gasteiger partial charge in [0.15, 0.2) is 0 Å². The van der Waals surface area contributed by atoms with Gasteiger partial charge in [0.25, 0.3) is 0 Å². The van der Waals surface area contributed by atoms with E-state index in [2.05, 4.69) is 28.2 Å². The number of ketones is 1. The second-order valence-electron chi connectivity index (χ2n) is 5.66. The van der Waals surface area contributed by atoms with Crippen LogP contribution in [0.25, 0.3) is 21.8 Å². The molecule has 4 rings (SSSR count). The van der Waals surface area contributed by atoms with E-state index in [-0.39, 0.29) is 0 Å². The zero-order chi connectivity index (χ0) is 13.5. The van der Waals surface area contributed by atoms with E-state index in [1.807, 2.05) is 18.5 Å². The van der Waals surface area contributed by atoms with Gasteiger partial charge in [0.2, 0.25) is 0 Å². The summed E-state index contributed by atoms with van der Waals surface area (Å²) in [6, 6.07) is 8.65. The van der Waals surface area contributed by atoms with Gasteiger partial charge in [-0.3, -0.25) is 9.78 Å². The average molecular weight is 264 g/mol. The Morgan fingerprint density at radius 1 is 1.05 bits per heavy atom. The number of fused-ring (bicyclic) bond motifs is 3. The molecule has 0 aliphatic heterocycles. The summed E-state index contributed by atoms with van der Waals surface area (Å²) < 4.78 is 0. The highest BCUT2D eigenvalue weighted by Gasteiger charge is 2.20. The van der Waals surface area contributed by atoms with Crippen molar-refractivity contribution in [3.8, 4) is 0 Å². The van der Waals surface area contributed by atoms with Gasteiger partial charge < -0.3 is 4.98 Å². The van der Waals surface area contributed by atoms with Crippen molar-refractivity contribution in [2.24, 2.45) is 0 Å². The number of nitrogens with one attached hydrogen (secondary N) is 1. The number of nitrogens with zero attached hydrogens (tertiary/aromatic N) is 1. The summed E-state index contributed by atoms with van der Waals surface area (Å²) in [7, 11) is 0. The molecular formula is C17H16N2O. The van der Waals surface area contributed by atoms with Gasteiger partial charge in [-0.25, -0.2) is 0 Å². The highest BCUT2D eigenvalue weighted by molar-refractivity contribution is 6.06. The maximum atomic E-state index is 11.4. The van der Waals surface area contributed by atoms with Crippen LogP contribution in [0.4, 0.5) is 0 Å². The molecule has 0 atom stereocenters. The summed E-state index contributed by atoms with van der Waals surface area (Å²) in [5, 5.41) is 2.40. The van der Waals surface area contributed by atoms with Crippen LogP contribution in [0.1, 0.15) is 37.2 Å². The Bertz CT molecular complexity index is 793. The first-order valence-electron chi connectivity index (χ1n) is 7.18. The van der Waals surface area contributed by atoms with Crippen LogP contribution in [-0.2, 0) is 4.79 Å². The molecule has 0 amide bonds. The normalized spacial score (nSPS) is 17.1. The predicted molar refractivity (Wildman–Crippen MR) is 79.8 cm³/mol. The molecule has 1 aliphatic carbocycles. The summed E-state index contributed by atoms with van der Waals surface area (Å²) in [4.78, 5) is 19.0. The molecule has 3 aromatic rings. The smallest absolute Gasteiger partial charge is 0.132 e. The first kappa shape index (κ1) is 11.6. The monoisotopic (exact) mass is 264 g/mol. The van der Waals surface area contributed by atoms with E-state index in [0.717, 1.165) is 31.2 Å². The van der Waals surface area contributed by atoms with Crippen molar-refractivity contribution < 1.29 is 4.79 Å². The second-order valence-corrected chi connectivity index (χ2v) is 5.66. The third-order valence-corrected chi connectivity index (χ3v) is 4.44. The molecule has 3 nitrogen and oxygen atoms in total. The third kappa shape index (κ3) is 1.82. The number of hydrogen-bond donors (Lipinski definition) is 1. The van der Waals surface area contributed by atoms with Crippen molar-refractivity contribution in [3.63, 3.8) is 0 Å². The van der Waals surface area contributed by atoms with Crippen molar-refractivity contribution in [3.05, 3.63) is 42.2 Å². The van der Waals surface area contributed by atoms with Crippen molar-refractivity contribution in [2.45, 2.75) is 31.6 Å². The minimum Gasteiger partial charge on any atom is -0.354 e. The highest BCUT2D eigenvalue weighted by atomic mass is 16.1. The molecule has 1 aromatic carbocycles. The lowest BCUT2D eigenvalue weighted by atomic mass is 9.83. The first-order valence-corrected chi connectivity index (χ1v) is 7.18. The molecule has 1 fully saturated rings. The quantitative estimate of drug-likeness (QED) is 0.723. The molecule has 1 N–H and O–H groups in total. The van der Waals surface area contributed by atoms with Crippen LogP contribution in [0.2, 0.25) is 0 Å². The van der Waals surface area contributed by atoms with E-state index in [1.165, 1.54) is 21.9 Å². The summed E-state index contributed by atoms with van der Waals surface area (Å²) in [5.41, 5.74) is 3.65. The number of carbonyl (C=O) groups is 1. The van der Waals surface area contributed by atoms with Crippen LogP contribution in [0.15, 0.2) is 36.7 Å². The minimum absolute atomic E-state index is 0.416. The van der Waals surface area contributed by atoms with Crippen LogP contribution < -0.4 is 0 Å². The number of Topliss-reactive ketones (excluding diaryl/α,β-unsaturated/α-hetero) is 1. The molecule has 3 heteroatoms. The minimum atomic E-state index is 0.416. The van der Waals surface area contributed by atoms with Crippen molar-refractivity contribution in [1.82, 2.24) is 9.97 Å². The van der Waals surface area contributed by atoms with Gasteiger partial charge in [-0.05, 0) is 36.5 Å². The molecule has 100 valence electrons. The summed E-state index contributed by atoms with van der Waals surface area (Å²) in [6.45, 7) is 0. The number of pyridine rings is 1. The van der Waals surface area contributed by atoms with Gasteiger partial charge in [-0.2, -0.15) is 0 Å². The zero-order valence-corrected chi connectivity index (χ0v) is 11.2. The maximum Gasteiger partial charge on any atom is 0.132 e. The summed E-state index contributed by atoms with van der Waals surface area (Å²) in [6.07, 6.45) is 7.18. The van der Waals surface area contributed by atoms with E-state index >= 15 is 0 Å². The first-order chi connectivity index (χ1) is 9.81. The van der Waals surface area contributed by atoms with E-state index in [9.17, 15) is 4.79 Å². The SMILES string of the molecule is O=C1CCC(c2ccc3c(c2)[nH]c2ccncc23)CC1. The van der Waals surface area contributed by atoms with Crippen LogP contribution in [-0.4, -0.2) is 15.8 Å². The second kappa shape index (κ2) is 4.44. The fourth-order valence-electron chi connectivity index (χ4n) is 3.29. The molecule has 0 unspecified atom stereocenters. The number of rotatable bonds is 1. The molecule has 1 saturated carbocycles. The number of hydrogen-bond acceptors (Lipinski definition) is 2. The van der Waals surface area contributed by atoms with Crippen molar-refractivity contribution in [2.75, 3.05) is 0 Å². The lowest BCUT2D eigenvalue weighted by Crippen LogP contribution is -2.12. The maximum absolute atomic E-state index is 11.4. The van der Waals surface area contributed by atoms with Crippen LogP contribution >= 0.6 is 0 Å². The summed E-state index contributed by atoms with van der Waals surface area (Å²) >= 11 is 0. The van der Waals surface area contributed by atoms with Gasteiger partial charge in [0, 0.05) is 47.0 Å². The Morgan fingerprint density at radius 3 is 2.75 bits per heavy atom. The van der Waals surface area contributed by atoms with Crippen molar-refractivity contribution in [1.29, 1.82) is 0 Å². The van der Waals surface area contributed by atoms with E-state index in [1.54, 1.807) is 0 Å². The van der Waals surface area contributed by atoms with Gasteiger partial charge in [0.05, 0.1) is 0 Å². The predicted octanol–water partition coefficient (Wildman–Crippen LogP) is 3.94. The molecule has 0 saturated heterocycles. The standard InChI is InChI=1S/C17H16N2O/c20-13-4-1-11(2-5-13)12-3-6-14-15-10-18-8-7-16(15)19-17(14)9-12/h3,6-11,19H,1-2,4-5H2. The van der Waals surface area contributed by atoms with E-state index < -0.39 is 0 Å². The fourth-order valence-corrected chi connectivity index (χ4v) is 3.29. The molecule has 1 aliphatic rings. The number of aromatic nitrogens is 2. The molecule has 0 bridgehead atoms. The molecule has 2 heterocycles. The Kier molecular flexibility index (Phi) is 2.59. The van der Waals surface area contributed by atoms with E-state index in [0.29, 0.717) is 11.7 Å². The Labute approximate surface area is 117 Å². The van der Waals surface area contributed by atoms with Crippen LogP contribution in [0.3, 0.4) is 0 Å². The van der Waals surface area contributed by atoms with Gasteiger partial charge in [-0.1, -0.05) is 12.1 Å². The fraction of sp³-hybridized carbons (Fsp3) is 0.294. The largest absolute Gasteiger partial charge is 0.354 e. The topological polar surface area (TPSA) is 45.8 Å². The number of H-pyrrole nitrogens is 1. The van der Waals surface area contributed by atoms with Gasteiger partial charge in [0.1, 0.15) is 5.78 Å². The van der Waals surface area contributed by atoms with E-state index in [4.69, 9.17) is 0 Å². The lowest BCUT2D eigenvalue weighted by Gasteiger charge is -2.21. The molecule has 20 heavy (non-hydrogen) atoms.